The smallest absolute Gasteiger partial charge is 0.203 e. The van der Waals surface area contributed by atoms with Gasteiger partial charge in [-0.05, 0) is 37.1 Å². The van der Waals surface area contributed by atoms with Gasteiger partial charge < -0.3 is 14.2 Å². The molecule has 0 saturated carbocycles. The SMILES string of the molecule is COc1ccc(CCCN2CCOCC2)cc1COc1c(F)c(F)cc(F)c1F. The summed E-state index contributed by atoms with van der Waals surface area (Å²) in [6.07, 6.45) is 1.73. The topological polar surface area (TPSA) is 30.9 Å². The number of rotatable bonds is 8. The fraction of sp³-hybridized carbons (Fsp3) is 0.429. The average Bonchev–Trinajstić information content (AvgIpc) is 2.73. The Morgan fingerprint density at radius 2 is 1.69 bits per heavy atom. The summed E-state index contributed by atoms with van der Waals surface area (Å²) in [5.41, 5.74) is 1.53. The van der Waals surface area contributed by atoms with Crippen LogP contribution in [-0.2, 0) is 17.8 Å². The fourth-order valence-electron chi connectivity index (χ4n) is 3.26. The summed E-state index contributed by atoms with van der Waals surface area (Å²) in [4.78, 5) is 2.33. The standard InChI is InChI=1S/C21H23F4NO3/c1-27-18-5-4-14(3-2-6-26-7-9-28-10-8-26)11-15(18)13-29-21-19(24)16(22)12-17(23)20(21)25/h4-5,11-12H,2-3,6-10,13H2,1H3. The van der Waals surface area contributed by atoms with Crippen LogP contribution in [-0.4, -0.2) is 44.9 Å². The molecule has 1 aliphatic rings. The molecule has 0 unspecified atom stereocenters. The Hall–Kier alpha value is -2.32. The van der Waals surface area contributed by atoms with Crippen molar-refractivity contribution in [3.8, 4) is 11.5 Å². The van der Waals surface area contributed by atoms with E-state index in [1.54, 1.807) is 6.07 Å². The number of aryl methyl sites for hydroxylation is 1. The summed E-state index contributed by atoms with van der Waals surface area (Å²) in [6, 6.07) is 5.60. The molecule has 0 spiro atoms. The van der Waals surface area contributed by atoms with Gasteiger partial charge in [-0.1, -0.05) is 6.07 Å². The minimum absolute atomic E-state index is 0.146. The molecule has 29 heavy (non-hydrogen) atoms. The maximum absolute atomic E-state index is 13.8. The Labute approximate surface area is 167 Å². The number of methoxy groups -OCH3 is 1. The highest BCUT2D eigenvalue weighted by atomic mass is 19.2. The van der Waals surface area contributed by atoms with Gasteiger partial charge in [0.2, 0.25) is 11.6 Å². The molecular formula is C21H23F4NO3. The van der Waals surface area contributed by atoms with Gasteiger partial charge in [0.15, 0.2) is 17.4 Å². The van der Waals surface area contributed by atoms with Crippen LogP contribution in [0.4, 0.5) is 17.6 Å². The number of benzene rings is 2. The lowest BCUT2D eigenvalue weighted by atomic mass is 10.1. The quantitative estimate of drug-likeness (QED) is 0.482. The van der Waals surface area contributed by atoms with Crippen LogP contribution in [0, 0.1) is 23.3 Å². The summed E-state index contributed by atoms with van der Waals surface area (Å²) in [7, 11) is 1.46. The first-order chi connectivity index (χ1) is 14.0. The van der Waals surface area contributed by atoms with Crippen molar-refractivity contribution < 1.29 is 31.8 Å². The van der Waals surface area contributed by atoms with Gasteiger partial charge in [-0.3, -0.25) is 4.90 Å². The average molecular weight is 413 g/mol. The molecule has 0 bridgehead atoms. The monoisotopic (exact) mass is 413 g/mol. The summed E-state index contributed by atoms with van der Waals surface area (Å²) < 4.78 is 70.0. The van der Waals surface area contributed by atoms with Crippen LogP contribution < -0.4 is 9.47 Å². The van der Waals surface area contributed by atoms with Gasteiger partial charge in [0.1, 0.15) is 12.4 Å². The van der Waals surface area contributed by atoms with Crippen LogP contribution in [0.3, 0.4) is 0 Å². The van der Waals surface area contributed by atoms with E-state index in [-0.39, 0.29) is 12.7 Å². The van der Waals surface area contributed by atoms with Crippen molar-refractivity contribution in [2.75, 3.05) is 40.0 Å². The van der Waals surface area contributed by atoms with Crippen LogP contribution in [0.1, 0.15) is 17.5 Å². The highest BCUT2D eigenvalue weighted by molar-refractivity contribution is 5.38. The Bertz CT molecular complexity index is 815. The van der Waals surface area contributed by atoms with E-state index in [2.05, 4.69) is 4.90 Å². The Morgan fingerprint density at radius 3 is 2.34 bits per heavy atom. The molecule has 0 N–H and O–H groups in total. The first-order valence-electron chi connectivity index (χ1n) is 9.41. The third-order valence-corrected chi connectivity index (χ3v) is 4.83. The van der Waals surface area contributed by atoms with Crippen molar-refractivity contribution in [1.29, 1.82) is 0 Å². The van der Waals surface area contributed by atoms with Crippen LogP contribution in [0.15, 0.2) is 24.3 Å². The molecule has 0 amide bonds. The van der Waals surface area contributed by atoms with Crippen molar-refractivity contribution in [3.63, 3.8) is 0 Å². The van der Waals surface area contributed by atoms with E-state index in [1.807, 2.05) is 12.1 Å². The molecule has 0 radical (unpaired) electrons. The normalized spacial score (nSPS) is 14.8. The van der Waals surface area contributed by atoms with E-state index < -0.39 is 29.0 Å². The summed E-state index contributed by atoms with van der Waals surface area (Å²) >= 11 is 0. The van der Waals surface area contributed by atoms with Gasteiger partial charge in [0, 0.05) is 24.7 Å². The first-order valence-corrected chi connectivity index (χ1v) is 9.41. The van der Waals surface area contributed by atoms with E-state index in [4.69, 9.17) is 14.2 Å². The van der Waals surface area contributed by atoms with Crippen molar-refractivity contribution in [1.82, 2.24) is 4.90 Å². The van der Waals surface area contributed by atoms with Crippen LogP contribution >= 0.6 is 0 Å². The van der Waals surface area contributed by atoms with Crippen molar-refractivity contribution in [2.45, 2.75) is 19.4 Å². The summed E-state index contributed by atoms with van der Waals surface area (Å²) in [5, 5.41) is 0. The molecule has 0 atom stereocenters. The maximum atomic E-state index is 13.8. The van der Waals surface area contributed by atoms with Gasteiger partial charge >= 0.3 is 0 Å². The molecule has 1 heterocycles. The molecule has 1 aliphatic heterocycles. The number of hydrogen-bond donors (Lipinski definition) is 0. The van der Waals surface area contributed by atoms with Crippen molar-refractivity contribution in [2.24, 2.45) is 0 Å². The molecule has 2 aromatic rings. The Balaban J connectivity index is 1.66. The summed E-state index contributed by atoms with van der Waals surface area (Å²) in [6.45, 7) is 3.99. The van der Waals surface area contributed by atoms with Gasteiger partial charge in [-0.15, -0.1) is 0 Å². The maximum Gasteiger partial charge on any atom is 0.203 e. The van der Waals surface area contributed by atoms with Crippen LogP contribution in [0.2, 0.25) is 0 Å². The van der Waals surface area contributed by atoms with Gasteiger partial charge in [0.25, 0.3) is 0 Å². The molecule has 0 aromatic heterocycles. The highest BCUT2D eigenvalue weighted by Crippen LogP contribution is 2.29. The van der Waals surface area contributed by atoms with Crippen molar-refractivity contribution >= 4 is 0 Å². The molecule has 0 aliphatic carbocycles. The molecule has 8 heteroatoms. The second kappa shape index (κ2) is 9.93. The molecule has 158 valence electrons. The van der Waals surface area contributed by atoms with E-state index >= 15 is 0 Å². The largest absolute Gasteiger partial charge is 0.496 e. The second-order valence-electron chi connectivity index (χ2n) is 6.79. The highest BCUT2D eigenvalue weighted by Gasteiger charge is 2.21. The second-order valence-corrected chi connectivity index (χ2v) is 6.79. The zero-order valence-corrected chi connectivity index (χ0v) is 16.2. The Kier molecular flexibility index (Phi) is 7.33. The molecule has 1 fully saturated rings. The minimum Gasteiger partial charge on any atom is -0.496 e. The third kappa shape index (κ3) is 5.39. The number of nitrogens with zero attached hydrogens (tertiary/aromatic N) is 1. The van der Waals surface area contributed by atoms with E-state index in [1.165, 1.54) is 7.11 Å². The van der Waals surface area contributed by atoms with Gasteiger partial charge in [0.05, 0.1) is 20.3 Å². The zero-order valence-electron chi connectivity index (χ0n) is 16.2. The summed E-state index contributed by atoms with van der Waals surface area (Å²) in [5.74, 6) is -6.78. The molecule has 2 aromatic carbocycles. The number of halogens is 4. The first kappa shape index (κ1) is 21.4. The van der Waals surface area contributed by atoms with Gasteiger partial charge in [-0.2, -0.15) is 8.78 Å². The predicted octanol–water partition coefficient (Wildman–Crippen LogP) is 4.10. The number of morpholine rings is 1. The lowest BCUT2D eigenvalue weighted by Crippen LogP contribution is -2.36. The lowest BCUT2D eigenvalue weighted by Gasteiger charge is -2.26. The zero-order chi connectivity index (χ0) is 20.8. The molecule has 3 rings (SSSR count). The van der Waals surface area contributed by atoms with E-state index in [0.29, 0.717) is 11.3 Å². The van der Waals surface area contributed by atoms with Crippen molar-refractivity contribution in [3.05, 3.63) is 58.7 Å². The van der Waals surface area contributed by atoms with E-state index in [0.717, 1.165) is 51.3 Å². The van der Waals surface area contributed by atoms with Crippen LogP contribution in [0.5, 0.6) is 11.5 Å². The fourth-order valence-corrected chi connectivity index (χ4v) is 3.26. The minimum atomic E-state index is -1.57. The molecule has 4 nitrogen and oxygen atoms in total. The third-order valence-electron chi connectivity index (χ3n) is 4.83. The number of ether oxygens (including phenoxy) is 3. The van der Waals surface area contributed by atoms with E-state index in [9.17, 15) is 17.6 Å². The van der Waals surface area contributed by atoms with Gasteiger partial charge in [-0.25, -0.2) is 8.78 Å². The van der Waals surface area contributed by atoms with Crippen LogP contribution in [0.25, 0.3) is 0 Å². The lowest BCUT2D eigenvalue weighted by molar-refractivity contribution is 0.0374. The predicted molar refractivity (Wildman–Crippen MR) is 99.2 cm³/mol. The molecular weight excluding hydrogens is 390 g/mol. The molecule has 1 saturated heterocycles. The Morgan fingerprint density at radius 1 is 1.00 bits per heavy atom. The number of hydrogen-bond acceptors (Lipinski definition) is 4.